The quantitative estimate of drug-likeness (QED) is 0.371. The molecule has 2 aromatic heterocycles. The zero-order valence-corrected chi connectivity index (χ0v) is 14.2. The average molecular weight is 329 g/mol. The summed E-state index contributed by atoms with van der Waals surface area (Å²) in [6.45, 7) is 2.10. The Balaban J connectivity index is 1.90. The van der Waals surface area contributed by atoms with Gasteiger partial charge in [0.25, 0.3) is 0 Å². The lowest BCUT2D eigenvalue weighted by Gasteiger charge is -2.01. The van der Waals surface area contributed by atoms with E-state index in [9.17, 15) is 0 Å². The molecule has 0 aliphatic carbocycles. The van der Waals surface area contributed by atoms with Gasteiger partial charge >= 0.3 is 11.5 Å². The number of benzene rings is 2. The predicted octanol–water partition coefficient (Wildman–Crippen LogP) is 6.93. The molecule has 1 nitrogen and oxygen atoms in total. The van der Waals surface area contributed by atoms with Crippen LogP contribution in [-0.4, -0.2) is 0 Å². The van der Waals surface area contributed by atoms with E-state index in [0.29, 0.717) is 0 Å². The molecule has 2 aromatic carbocycles. The molecule has 0 N–H and O–H groups in total. The van der Waals surface area contributed by atoms with Crippen LogP contribution in [0.2, 0.25) is 0 Å². The third kappa shape index (κ3) is 3.01. The van der Waals surface area contributed by atoms with Crippen molar-refractivity contribution < 1.29 is 4.42 Å². The molecule has 0 radical (unpaired) electrons. The van der Waals surface area contributed by atoms with Crippen molar-refractivity contribution in [3.05, 3.63) is 89.8 Å². The van der Waals surface area contributed by atoms with Gasteiger partial charge < -0.3 is 0 Å². The molecule has 2 heteroatoms. The van der Waals surface area contributed by atoms with Gasteiger partial charge in [-0.1, -0.05) is 54.1 Å². The fourth-order valence-electron chi connectivity index (χ4n) is 2.70. The minimum absolute atomic E-state index is 0.889. The fourth-order valence-corrected chi connectivity index (χ4v) is 3.38. The molecule has 0 fully saturated rings. The molecule has 0 bridgehead atoms. The van der Waals surface area contributed by atoms with Gasteiger partial charge in [0.05, 0.1) is 17.7 Å². The van der Waals surface area contributed by atoms with Gasteiger partial charge in [-0.25, -0.2) is 4.42 Å². The summed E-state index contributed by atoms with van der Waals surface area (Å²) >= 11 is 1.69. The van der Waals surface area contributed by atoms with Crippen LogP contribution < -0.4 is 0 Å². The third-order valence-electron chi connectivity index (χ3n) is 4.00. The van der Waals surface area contributed by atoms with E-state index in [4.69, 9.17) is 4.42 Å². The van der Waals surface area contributed by atoms with E-state index in [-0.39, 0.29) is 0 Å². The molecule has 0 aliphatic heterocycles. The van der Waals surface area contributed by atoms with Gasteiger partial charge in [-0.3, -0.25) is 0 Å². The number of hydrogen-bond donors (Lipinski definition) is 0. The van der Waals surface area contributed by atoms with Crippen molar-refractivity contribution in [3.8, 4) is 33.1 Å². The summed E-state index contributed by atoms with van der Waals surface area (Å²) in [7, 11) is 0. The van der Waals surface area contributed by atoms with Crippen LogP contribution in [0.5, 0.6) is 0 Å². The topological polar surface area (TPSA) is 11.3 Å². The molecule has 4 rings (SSSR count). The van der Waals surface area contributed by atoms with E-state index in [1.807, 2.05) is 6.07 Å². The molecule has 116 valence electrons. The van der Waals surface area contributed by atoms with Crippen LogP contribution in [0.15, 0.2) is 88.7 Å². The summed E-state index contributed by atoms with van der Waals surface area (Å²) in [4.78, 5) is 1.14. The molecule has 0 aliphatic rings. The van der Waals surface area contributed by atoms with Gasteiger partial charge in [0.15, 0.2) is 0 Å². The van der Waals surface area contributed by atoms with E-state index < -0.39 is 0 Å². The Morgan fingerprint density at radius 2 is 1.42 bits per heavy atom. The van der Waals surface area contributed by atoms with Gasteiger partial charge in [-0.15, -0.1) is 11.3 Å². The summed E-state index contributed by atoms with van der Waals surface area (Å²) < 4.78 is 6.22. The highest BCUT2D eigenvalue weighted by molar-refractivity contribution is 7.13. The fraction of sp³-hybridized carbons (Fsp3) is 0.0455. The summed E-state index contributed by atoms with van der Waals surface area (Å²) in [6.07, 6.45) is 0. The van der Waals surface area contributed by atoms with Crippen LogP contribution >= 0.6 is 11.3 Å². The zero-order valence-electron chi connectivity index (χ0n) is 13.4. The van der Waals surface area contributed by atoms with Crippen LogP contribution in [0.25, 0.3) is 33.1 Å². The number of hydrogen-bond acceptors (Lipinski definition) is 1. The van der Waals surface area contributed by atoms with Crippen molar-refractivity contribution in [3.63, 3.8) is 0 Å². The lowest BCUT2D eigenvalue weighted by Crippen LogP contribution is -1.85. The van der Waals surface area contributed by atoms with Crippen molar-refractivity contribution in [2.75, 3.05) is 0 Å². The minimum atomic E-state index is 0.889. The highest BCUT2D eigenvalue weighted by Gasteiger charge is 2.21. The largest absolute Gasteiger partial charge is 0.371 e. The first-order valence-electron chi connectivity index (χ1n) is 7.94. The van der Waals surface area contributed by atoms with E-state index in [0.717, 1.165) is 22.0 Å². The Morgan fingerprint density at radius 3 is 2.12 bits per heavy atom. The zero-order chi connectivity index (χ0) is 16.4. The number of thiophene rings is 1. The molecule has 0 saturated carbocycles. The van der Waals surface area contributed by atoms with E-state index in [1.54, 1.807) is 11.3 Å². The Labute approximate surface area is 145 Å². The van der Waals surface area contributed by atoms with Gasteiger partial charge in [0.1, 0.15) is 4.88 Å². The molecule has 4 aromatic rings. The van der Waals surface area contributed by atoms with Gasteiger partial charge in [0.2, 0.25) is 0 Å². The molecule has 0 unspecified atom stereocenters. The maximum Gasteiger partial charge on any atom is 0.371 e. The first kappa shape index (κ1) is 14.9. The molecular weight excluding hydrogens is 312 g/mol. The molecule has 0 saturated heterocycles. The molecule has 2 heterocycles. The standard InChI is InChI=1S/C22H17OS/c1-16-9-11-18(12-10-16)20-14-19(17-6-3-2-4-7-17)15-21(23-20)22-8-5-13-24-22/h2-15H,1H3/q+1. The number of rotatable bonds is 3. The van der Waals surface area contributed by atoms with Crippen molar-refractivity contribution >= 4 is 11.3 Å². The normalized spacial score (nSPS) is 10.7. The minimum Gasteiger partial charge on any atom is -0.206 e. The Hall–Kier alpha value is -2.71. The number of aryl methyl sites for hydroxylation is 1. The van der Waals surface area contributed by atoms with Crippen molar-refractivity contribution in [1.82, 2.24) is 0 Å². The summed E-state index contributed by atoms with van der Waals surface area (Å²) in [5.41, 5.74) is 4.70. The predicted molar refractivity (Wildman–Crippen MR) is 102 cm³/mol. The van der Waals surface area contributed by atoms with Crippen LogP contribution in [0.3, 0.4) is 0 Å². The highest BCUT2D eigenvalue weighted by Crippen LogP contribution is 2.34. The summed E-state index contributed by atoms with van der Waals surface area (Å²) in [5.74, 6) is 1.79. The summed E-state index contributed by atoms with van der Waals surface area (Å²) in [5, 5.41) is 2.07. The third-order valence-corrected chi connectivity index (χ3v) is 4.88. The van der Waals surface area contributed by atoms with Gasteiger partial charge in [0, 0.05) is 5.56 Å². The van der Waals surface area contributed by atoms with Crippen LogP contribution in [0.1, 0.15) is 5.56 Å². The van der Waals surface area contributed by atoms with Crippen LogP contribution in [-0.2, 0) is 0 Å². The Kier molecular flexibility index (Phi) is 3.97. The Bertz CT molecular complexity index is 939. The second-order valence-electron chi connectivity index (χ2n) is 5.78. The van der Waals surface area contributed by atoms with E-state index in [2.05, 4.69) is 85.1 Å². The second-order valence-corrected chi connectivity index (χ2v) is 6.73. The monoisotopic (exact) mass is 329 g/mol. The smallest absolute Gasteiger partial charge is 0.206 e. The van der Waals surface area contributed by atoms with E-state index in [1.165, 1.54) is 16.7 Å². The molecular formula is C22H17OS+. The molecule has 0 atom stereocenters. The van der Waals surface area contributed by atoms with Crippen LogP contribution in [0.4, 0.5) is 0 Å². The average Bonchev–Trinajstić information content (AvgIpc) is 3.17. The second kappa shape index (κ2) is 6.42. The van der Waals surface area contributed by atoms with Crippen molar-refractivity contribution in [2.45, 2.75) is 6.92 Å². The molecule has 0 spiro atoms. The van der Waals surface area contributed by atoms with Crippen LogP contribution in [0, 0.1) is 6.92 Å². The molecule has 24 heavy (non-hydrogen) atoms. The van der Waals surface area contributed by atoms with Gasteiger partial charge in [-0.05, 0) is 36.1 Å². The first-order valence-corrected chi connectivity index (χ1v) is 8.82. The maximum atomic E-state index is 6.22. The lowest BCUT2D eigenvalue weighted by molar-refractivity contribution is 0.584. The molecule has 0 amide bonds. The first-order chi connectivity index (χ1) is 11.8. The van der Waals surface area contributed by atoms with E-state index >= 15 is 0 Å². The highest BCUT2D eigenvalue weighted by atomic mass is 32.1. The van der Waals surface area contributed by atoms with Crippen molar-refractivity contribution in [1.29, 1.82) is 0 Å². The van der Waals surface area contributed by atoms with Crippen molar-refractivity contribution in [2.24, 2.45) is 0 Å². The maximum absolute atomic E-state index is 6.22. The lowest BCUT2D eigenvalue weighted by atomic mass is 10.0. The van der Waals surface area contributed by atoms with Gasteiger partial charge in [-0.2, -0.15) is 0 Å². The Morgan fingerprint density at radius 1 is 0.667 bits per heavy atom. The summed E-state index contributed by atoms with van der Waals surface area (Å²) in [6, 6.07) is 27.3. The SMILES string of the molecule is Cc1ccc(-c2cc(-c3ccccc3)cc(-c3cccs3)[o+]2)cc1.